The minimum atomic E-state index is -0.562. The molecule has 23 heavy (non-hydrogen) atoms. The van der Waals surface area contributed by atoms with Gasteiger partial charge in [0.1, 0.15) is 0 Å². The Kier molecular flexibility index (Phi) is 6.71. The largest absolute Gasteiger partial charge is 0.493 e. The Morgan fingerprint density at radius 3 is 2.61 bits per heavy atom. The summed E-state index contributed by atoms with van der Waals surface area (Å²) in [5.74, 6) is 1.29. The van der Waals surface area contributed by atoms with E-state index in [1.165, 1.54) is 0 Å². The highest BCUT2D eigenvalue weighted by molar-refractivity contribution is 6.30. The monoisotopic (exact) mass is 335 g/mol. The van der Waals surface area contributed by atoms with Crippen LogP contribution < -0.4 is 14.8 Å². The zero-order chi connectivity index (χ0) is 16.7. The number of methoxy groups -OCH3 is 1. The van der Waals surface area contributed by atoms with Gasteiger partial charge in [0.15, 0.2) is 11.5 Å². The standard InChI is InChI=1S/C18H22ClNO3/c1-3-23-18-14(9-15(19)10-17(18)22-2)11-20-12-16(21)13-7-5-4-6-8-13/h4-10,16,20-21H,3,11-12H2,1-2H3/t16-/m0/s1. The van der Waals surface area contributed by atoms with Crippen molar-refractivity contribution in [1.29, 1.82) is 0 Å². The van der Waals surface area contributed by atoms with Gasteiger partial charge in [-0.1, -0.05) is 41.9 Å². The number of rotatable bonds is 8. The fraction of sp³-hybridized carbons (Fsp3) is 0.333. The molecule has 1 atom stereocenters. The third-order valence-corrected chi connectivity index (χ3v) is 3.66. The van der Waals surface area contributed by atoms with Crippen molar-refractivity contribution in [1.82, 2.24) is 5.32 Å². The van der Waals surface area contributed by atoms with E-state index in [9.17, 15) is 5.11 Å². The Hall–Kier alpha value is -1.75. The minimum absolute atomic E-state index is 0.435. The van der Waals surface area contributed by atoms with Crippen LogP contribution in [0, 0.1) is 0 Å². The second-order valence-electron chi connectivity index (χ2n) is 5.09. The minimum Gasteiger partial charge on any atom is -0.493 e. The van der Waals surface area contributed by atoms with Crippen molar-refractivity contribution in [3.05, 3.63) is 58.6 Å². The van der Waals surface area contributed by atoms with Crippen LogP contribution in [0.1, 0.15) is 24.2 Å². The fourth-order valence-electron chi connectivity index (χ4n) is 2.35. The van der Waals surface area contributed by atoms with Crippen LogP contribution in [0.4, 0.5) is 0 Å². The second kappa shape index (κ2) is 8.77. The van der Waals surface area contributed by atoms with Crippen LogP contribution in [-0.2, 0) is 6.54 Å². The normalized spacial score (nSPS) is 12.0. The summed E-state index contributed by atoms with van der Waals surface area (Å²) in [6.07, 6.45) is -0.562. The summed E-state index contributed by atoms with van der Waals surface area (Å²) < 4.78 is 11.0. The SMILES string of the molecule is CCOc1c(CNC[C@H](O)c2ccccc2)cc(Cl)cc1OC. The molecule has 0 spiro atoms. The van der Waals surface area contributed by atoms with E-state index < -0.39 is 6.10 Å². The predicted molar refractivity (Wildman–Crippen MR) is 92.3 cm³/mol. The van der Waals surface area contributed by atoms with E-state index in [1.807, 2.05) is 43.3 Å². The quantitative estimate of drug-likeness (QED) is 0.774. The molecule has 4 nitrogen and oxygen atoms in total. The van der Waals surface area contributed by atoms with Crippen LogP contribution >= 0.6 is 11.6 Å². The highest BCUT2D eigenvalue weighted by Gasteiger charge is 2.13. The Morgan fingerprint density at radius 1 is 1.22 bits per heavy atom. The molecule has 0 saturated carbocycles. The lowest BCUT2D eigenvalue weighted by molar-refractivity contribution is 0.174. The number of benzene rings is 2. The Labute approximate surface area is 142 Å². The van der Waals surface area contributed by atoms with E-state index in [0.717, 1.165) is 11.1 Å². The van der Waals surface area contributed by atoms with E-state index >= 15 is 0 Å². The van der Waals surface area contributed by atoms with E-state index in [0.29, 0.717) is 36.2 Å². The van der Waals surface area contributed by atoms with Crippen molar-refractivity contribution >= 4 is 11.6 Å². The second-order valence-corrected chi connectivity index (χ2v) is 5.52. The van der Waals surface area contributed by atoms with Gasteiger partial charge in [-0.05, 0) is 18.6 Å². The molecule has 0 aliphatic rings. The van der Waals surface area contributed by atoms with Crippen LogP contribution in [0.15, 0.2) is 42.5 Å². The maximum atomic E-state index is 10.2. The van der Waals surface area contributed by atoms with Gasteiger partial charge in [-0.15, -0.1) is 0 Å². The first-order chi connectivity index (χ1) is 11.2. The van der Waals surface area contributed by atoms with E-state index in [4.69, 9.17) is 21.1 Å². The molecular formula is C18H22ClNO3. The van der Waals surface area contributed by atoms with Crippen LogP contribution in [0.5, 0.6) is 11.5 Å². The van der Waals surface area contributed by atoms with Gasteiger partial charge in [0, 0.05) is 29.7 Å². The van der Waals surface area contributed by atoms with Crippen LogP contribution in [-0.4, -0.2) is 25.4 Å². The van der Waals surface area contributed by atoms with E-state index in [2.05, 4.69) is 5.32 Å². The average molecular weight is 336 g/mol. The molecule has 0 aromatic heterocycles. The smallest absolute Gasteiger partial charge is 0.165 e. The molecule has 2 aromatic carbocycles. The van der Waals surface area contributed by atoms with Gasteiger partial charge in [-0.3, -0.25) is 0 Å². The molecule has 2 N–H and O–H groups in total. The number of halogens is 1. The molecular weight excluding hydrogens is 314 g/mol. The van der Waals surface area contributed by atoms with Crippen LogP contribution in [0.25, 0.3) is 0 Å². The van der Waals surface area contributed by atoms with E-state index in [1.54, 1.807) is 13.2 Å². The summed E-state index contributed by atoms with van der Waals surface area (Å²) in [4.78, 5) is 0. The van der Waals surface area contributed by atoms with Crippen LogP contribution in [0.3, 0.4) is 0 Å². The molecule has 0 unspecified atom stereocenters. The average Bonchev–Trinajstić information content (AvgIpc) is 2.57. The molecule has 0 bridgehead atoms. The molecule has 0 fully saturated rings. The van der Waals surface area contributed by atoms with Crippen molar-refractivity contribution in [3.8, 4) is 11.5 Å². The maximum absolute atomic E-state index is 10.2. The molecule has 0 aliphatic carbocycles. The number of nitrogens with one attached hydrogen (secondary N) is 1. The third-order valence-electron chi connectivity index (χ3n) is 3.44. The number of aliphatic hydroxyl groups is 1. The van der Waals surface area contributed by atoms with E-state index in [-0.39, 0.29) is 0 Å². The zero-order valence-electron chi connectivity index (χ0n) is 13.4. The summed E-state index contributed by atoms with van der Waals surface area (Å²) in [6, 6.07) is 13.1. The Morgan fingerprint density at radius 2 is 1.96 bits per heavy atom. The number of ether oxygens (including phenoxy) is 2. The summed E-state index contributed by atoms with van der Waals surface area (Å²) in [5.41, 5.74) is 1.78. The summed E-state index contributed by atoms with van der Waals surface area (Å²) in [7, 11) is 1.59. The summed E-state index contributed by atoms with van der Waals surface area (Å²) in [6.45, 7) is 3.42. The maximum Gasteiger partial charge on any atom is 0.165 e. The van der Waals surface area contributed by atoms with Gasteiger partial charge >= 0.3 is 0 Å². The van der Waals surface area contributed by atoms with Gasteiger partial charge < -0.3 is 19.9 Å². The van der Waals surface area contributed by atoms with Gasteiger partial charge in [0.05, 0.1) is 19.8 Å². The first-order valence-corrected chi connectivity index (χ1v) is 7.96. The lowest BCUT2D eigenvalue weighted by Crippen LogP contribution is -2.21. The number of hydrogen-bond acceptors (Lipinski definition) is 4. The topological polar surface area (TPSA) is 50.7 Å². The molecule has 0 radical (unpaired) electrons. The molecule has 0 heterocycles. The fourth-order valence-corrected chi connectivity index (χ4v) is 2.58. The van der Waals surface area contributed by atoms with Crippen molar-refractivity contribution < 1.29 is 14.6 Å². The lowest BCUT2D eigenvalue weighted by atomic mass is 10.1. The van der Waals surface area contributed by atoms with Crippen molar-refractivity contribution in [2.24, 2.45) is 0 Å². The Balaban J connectivity index is 2.03. The molecule has 0 saturated heterocycles. The van der Waals surface area contributed by atoms with Gasteiger partial charge in [0.2, 0.25) is 0 Å². The summed E-state index contributed by atoms with van der Waals surface area (Å²) >= 11 is 6.13. The van der Waals surface area contributed by atoms with Crippen molar-refractivity contribution in [3.63, 3.8) is 0 Å². The van der Waals surface area contributed by atoms with Crippen molar-refractivity contribution in [2.45, 2.75) is 19.6 Å². The van der Waals surface area contributed by atoms with Gasteiger partial charge in [0.25, 0.3) is 0 Å². The molecule has 0 amide bonds. The predicted octanol–water partition coefficient (Wildman–Crippen LogP) is 3.57. The van der Waals surface area contributed by atoms with Crippen LogP contribution in [0.2, 0.25) is 5.02 Å². The molecule has 5 heteroatoms. The molecule has 124 valence electrons. The third kappa shape index (κ3) is 4.86. The molecule has 2 rings (SSSR count). The Bertz CT molecular complexity index is 619. The zero-order valence-corrected chi connectivity index (χ0v) is 14.1. The summed E-state index contributed by atoms with van der Waals surface area (Å²) in [5, 5.41) is 14.0. The first-order valence-electron chi connectivity index (χ1n) is 7.58. The lowest BCUT2D eigenvalue weighted by Gasteiger charge is -2.17. The highest BCUT2D eigenvalue weighted by Crippen LogP contribution is 2.34. The van der Waals surface area contributed by atoms with Gasteiger partial charge in [-0.2, -0.15) is 0 Å². The molecule has 2 aromatic rings. The van der Waals surface area contributed by atoms with Gasteiger partial charge in [-0.25, -0.2) is 0 Å². The molecule has 0 aliphatic heterocycles. The highest BCUT2D eigenvalue weighted by atomic mass is 35.5. The van der Waals surface area contributed by atoms with Crippen molar-refractivity contribution in [2.75, 3.05) is 20.3 Å². The first kappa shape index (κ1) is 17.6. The number of aliphatic hydroxyl groups excluding tert-OH is 1. The number of hydrogen-bond donors (Lipinski definition) is 2.